The lowest BCUT2D eigenvalue weighted by molar-refractivity contribution is 0.585. The highest BCUT2D eigenvalue weighted by Crippen LogP contribution is 2.22. The van der Waals surface area contributed by atoms with Crippen molar-refractivity contribution in [3.8, 4) is 11.3 Å². The normalized spacial score (nSPS) is 15.5. The van der Waals surface area contributed by atoms with Crippen molar-refractivity contribution >= 4 is 11.5 Å². The van der Waals surface area contributed by atoms with Crippen molar-refractivity contribution in [2.75, 3.05) is 36.8 Å². The van der Waals surface area contributed by atoms with Crippen molar-refractivity contribution in [3.05, 3.63) is 42.5 Å². The zero-order valence-electron chi connectivity index (χ0n) is 10.8. The van der Waals surface area contributed by atoms with E-state index in [4.69, 9.17) is 10.7 Å². The van der Waals surface area contributed by atoms with Gasteiger partial charge < -0.3 is 16.0 Å². The summed E-state index contributed by atoms with van der Waals surface area (Å²) < 4.78 is 0. The van der Waals surface area contributed by atoms with Gasteiger partial charge in [-0.2, -0.15) is 0 Å². The Morgan fingerprint density at radius 3 is 2.63 bits per heavy atom. The van der Waals surface area contributed by atoms with Crippen LogP contribution in [0, 0.1) is 0 Å². The highest BCUT2D eigenvalue weighted by molar-refractivity contribution is 5.65. The standard InChI is InChI=1S/C15H18N4/c16-13-4-1-3-12(11-13)14-5-2-6-15(18-14)19-9-7-17-8-10-19/h1-6,11,17H,7-10,16H2. The van der Waals surface area contributed by atoms with Crippen molar-refractivity contribution in [2.45, 2.75) is 0 Å². The molecule has 1 fully saturated rings. The van der Waals surface area contributed by atoms with E-state index >= 15 is 0 Å². The fourth-order valence-electron chi connectivity index (χ4n) is 2.35. The molecule has 4 heteroatoms. The van der Waals surface area contributed by atoms with Gasteiger partial charge in [-0.1, -0.05) is 18.2 Å². The zero-order chi connectivity index (χ0) is 13.1. The summed E-state index contributed by atoms with van der Waals surface area (Å²) in [6.07, 6.45) is 0. The number of nitrogens with two attached hydrogens (primary N) is 1. The fourth-order valence-corrected chi connectivity index (χ4v) is 2.35. The van der Waals surface area contributed by atoms with E-state index in [0.29, 0.717) is 0 Å². The minimum Gasteiger partial charge on any atom is -0.399 e. The molecule has 0 amide bonds. The van der Waals surface area contributed by atoms with Gasteiger partial charge in [-0.25, -0.2) is 4.98 Å². The molecule has 98 valence electrons. The summed E-state index contributed by atoms with van der Waals surface area (Å²) in [5.41, 5.74) is 8.64. The van der Waals surface area contributed by atoms with Crippen LogP contribution in [0.5, 0.6) is 0 Å². The number of nitrogen functional groups attached to an aromatic ring is 1. The maximum atomic E-state index is 5.83. The lowest BCUT2D eigenvalue weighted by Crippen LogP contribution is -2.43. The average molecular weight is 254 g/mol. The maximum Gasteiger partial charge on any atom is 0.129 e. The second kappa shape index (κ2) is 5.28. The highest BCUT2D eigenvalue weighted by atomic mass is 15.2. The smallest absolute Gasteiger partial charge is 0.129 e. The predicted octanol–water partition coefficient (Wildman–Crippen LogP) is 1.74. The largest absolute Gasteiger partial charge is 0.399 e. The van der Waals surface area contributed by atoms with Crippen LogP contribution >= 0.6 is 0 Å². The van der Waals surface area contributed by atoms with Gasteiger partial charge in [-0.05, 0) is 24.3 Å². The van der Waals surface area contributed by atoms with Gasteiger partial charge in [0.15, 0.2) is 0 Å². The fraction of sp³-hybridized carbons (Fsp3) is 0.267. The predicted molar refractivity (Wildman–Crippen MR) is 79.2 cm³/mol. The third-order valence-electron chi connectivity index (χ3n) is 3.36. The van der Waals surface area contributed by atoms with Gasteiger partial charge >= 0.3 is 0 Å². The molecule has 0 spiro atoms. The molecule has 1 aliphatic heterocycles. The first-order valence-electron chi connectivity index (χ1n) is 6.61. The molecule has 3 rings (SSSR count). The van der Waals surface area contributed by atoms with Gasteiger partial charge in [-0.3, -0.25) is 0 Å². The first-order valence-corrected chi connectivity index (χ1v) is 6.61. The van der Waals surface area contributed by atoms with E-state index in [1.807, 2.05) is 30.3 Å². The van der Waals surface area contributed by atoms with Crippen LogP contribution in [0.2, 0.25) is 0 Å². The van der Waals surface area contributed by atoms with Crippen LogP contribution in [-0.4, -0.2) is 31.2 Å². The van der Waals surface area contributed by atoms with E-state index in [1.165, 1.54) is 0 Å². The summed E-state index contributed by atoms with van der Waals surface area (Å²) in [6, 6.07) is 14.0. The number of piperazine rings is 1. The molecule has 19 heavy (non-hydrogen) atoms. The number of nitrogens with one attached hydrogen (secondary N) is 1. The number of rotatable bonds is 2. The summed E-state index contributed by atoms with van der Waals surface area (Å²) in [7, 11) is 0. The average Bonchev–Trinajstić information content (AvgIpc) is 2.48. The summed E-state index contributed by atoms with van der Waals surface area (Å²) in [4.78, 5) is 7.06. The van der Waals surface area contributed by atoms with Crippen LogP contribution in [-0.2, 0) is 0 Å². The Labute approximate surface area is 113 Å². The molecule has 0 saturated carbocycles. The Kier molecular flexibility index (Phi) is 3.33. The van der Waals surface area contributed by atoms with Crippen molar-refractivity contribution in [3.63, 3.8) is 0 Å². The molecule has 2 aromatic rings. The third-order valence-corrected chi connectivity index (χ3v) is 3.36. The molecule has 0 unspecified atom stereocenters. The van der Waals surface area contributed by atoms with Gasteiger partial charge in [0.2, 0.25) is 0 Å². The van der Waals surface area contributed by atoms with Crippen LogP contribution in [0.4, 0.5) is 11.5 Å². The Hall–Kier alpha value is -2.07. The molecule has 0 aliphatic carbocycles. The van der Waals surface area contributed by atoms with Crippen molar-refractivity contribution < 1.29 is 0 Å². The van der Waals surface area contributed by atoms with Gasteiger partial charge in [0.25, 0.3) is 0 Å². The van der Waals surface area contributed by atoms with E-state index in [9.17, 15) is 0 Å². The lowest BCUT2D eigenvalue weighted by atomic mass is 10.1. The van der Waals surface area contributed by atoms with Gasteiger partial charge in [0.05, 0.1) is 5.69 Å². The van der Waals surface area contributed by atoms with Gasteiger partial charge in [0, 0.05) is 37.4 Å². The molecule has 1 aromatic carbocycles. The summed E-state index contributed by atoms with van der Waals surface area (Å²) in [6.45, 7) is 4.05. The minimum absolute atomic E-state index is 0.770. The van der Waals surface area contributed by atoms with Gasteiger partial charge in [-0.15, -0.1) is 0 Å². The number of anilines is 2. The molecular weight excluding hydrogens is 236 g/mol. The van der Waals surface area contributed by atoms with E-state index < -0.39 is 0 Å². The molecule has 4 nitrogen and oxygen atoms in total. The van der Waals surface area contributed by atoms with Crippen LogP contribution in [0.25, 0.3) is 11.3 Å². The summed E-state index contributed by atoms with van der Waals surface area (Å²) >= 11 is 0. The molecule has 1 saturated heterocycles. The highest BCUT2D eigenvalue weighted by Gasteiger charge is 2.12. The lowest BCUT2D eigenvalue weighted by Gasteiger charge is -2.28. The topological polar surface area (TPSA) is 54.2 Å². The molecular formula is C15H18N4. The molecule has 3 N–H and O–H groups in total. The number of hydrogen-bond acceptors (Lipinski definition) is 4. The summed E-state index contributed by atoms with van der Waals surface area (Å²) in [5, 5.41) is 3.35. The Morgan fingerprint density at radius 1 is 1.05 bits per heavy atom. The molecule has 0 radical (unpaired) electrons. The van der Waals surface area contributed by atoms with E-state index in [2.05, 4.69) is 22.3 Å². The van der Waals surface area contributed by atoms with Crippen molar-refractivity contribution in [1.82, 2.24) is 10.3 Å². The third kappa shape index (κ3) is 2.69. The van der Waals surface area contributed by atoms with Gasteiger partial charge in [0.1, 0.15) is 5.82 Å². The molecule has 0 bridgehead atoms. The Balaban J connectivity index is 1.91. The molecule has 1 aliphatic rings. The quantitative estimate of drug-likeness (QED) is 0.802. The number of benzene rings is 1. The number of hydrogen-bond donors (Lipinski definition) is 2. The second-order valence-electron chi connectivity index (χ2n) is 4.74. The van der Waals surface area contributed by atoms with E-state index in [1.54, 1.807) is 0 Å². The molecule has 1 aromatic heterocycles. The first kappa shape index (κ1) is 12.0. The number of pyridine rings is 1. The van der Waals surface area contributed by atoms with Crippen LogP contribution in [0.15, 0.2) is 42.5 Å². The number of aromatic nitrogens is 1. The molecule has 0 atom stereocenters. The first-order chi connectivity index (χ1) is 9.33. The van der Waals surface area contributed by atoms with E-state index in [-0.39, 0.29) is 0 Å². The zero-order valence-corrected chi connectivity index (χ0v) is 10.8. The minimum atomic E-state index is 0.770. The van der Waals surface area contributed by atoms with Crippen LogP contribution in [0.3, 0.4) is 0 Å². The monoisotopic (exact) mass is 254 g/mol. The van der Waals surface area contributed by atoms with Crippen LogP contribution in [0.1, 0.15) is 0 Å². The molecule has 2 heterocycles. The second-order valence-corrected chi connectivity index (χ2v) is 4.74. The Bertz CT molecular complexity index is 562. The van der Waals surface area contributed by atoms with Crippen molar-refractivity contribution in [1.29, 1.82) is 0 Å². The SMILES string of the molecule is Nc1cccc(-c2cccc(N3CCNCC3)n2)c1. The Morgan fingerprint density at radius 2 is 1.84 bits per heavy atom. The maximum absolute atomic E-state index is 5.83. The number of nitrogens with zero attached hydrogens (tertiary/aromatic N) is 2. The summed E-state index contributed by atoms with van der Waals surface area (Å²) in [5.74, 6) is 1.04. The van der Waals surface area contributed by atoms with Crippen molar-refractivity contribution in [2.24, 2.45) is 0 Å². The van der Waals surface area contributed by atoms with E-state index in [0.717, 1.165) is 48.9 Å². The van der Waals surface area contributed by atoms with Crippen LogP contribution < -0.4 is 16.0 Å².